The molecule has 2 aliphatic rings. The lowest BCUT2D eigenvalue weighted by molar-refractivity contribution is -0.819. The van der Waals surface area contributed by atoms with E-state index in [1.807, 2.05) is 0 Å². The summed E-state index contributed by atoms with van der Waals surface area (Å²) in [7, 11) is 3.13. The summed E-state index contributed by atoms with van der Waals surface area (Å²) in [6, 6.07) is 4.95. The highest BCUT2D eigenvalue weighted by atomic mass is 16.5. The van der Waals surface area contributed by atoms with E-state index in [0.717, 1.165) is 30.4 Å². The first-order valence-corrected chi connectivity index (χ1v) is 7.53. The van der Waals surface area contributed by atoms with E-state index in [4.69, 9.17) is 9.47 Å². The number of nitrogens with zero attached hydrogens (tertiary/aromatic N) is 2. The zero-order valence-corrected chi connectivity index (χ0v) is 12.9. The maximum absolute atomic E-state index is 12.8. The Morgan fingerprint density at radius 2 is 1.86 bits per heavy atom. The van der Waals surface area contributed by atoms with E-state index in [9.17, 15) is 10.4 Å². The number of benzene rings is 1. The van der Waals surface area contributed by atoms with Crippen LogP contribution in [-0.2, 0) is 0 Å². The molecular formula is C16H21N2O4+. The van der Waals surface area contributed by atoms with Crippen LogP contribution in [0.5, 0.6) is 11.5 Å². The van der Waals surface area contributed by atoms with Crippen LogP contribution in [0.2, 0.25) is 0 Å². The molecule has 0 unspecified atom stereocenters. The highest BCUT2D eigenvalue weighted by Crippen LogP contribution is 2.29. The number of methoxy groups -OCH3 is 2. The van der Waals surface area contributed by atoms with Crippen LogP contribution < -0.4 is 9.47 Å². The molecule has 1 aromatic carbocycles. The Hall–Kier alpha value is -2.24. The first kappa shape index (κ1) is 14.7. The molecular weight excluding hydrogens is 284 g/mol. The van der Waals surface area contributed by atoms with E-state index in [2.05, 4.69) is 0 Å². The molecule has 2 atom stereocenters. The standard InChI is InChI=1S/C16H21N2O4/c1-21-11-7-8-12(16(9-11)22-2)15-10-17(19)13-5-3-4-6-14(13)18(15)20/h7-10,13-14,19H,3-6H2,1-2H3/q+1/t13-,14+/m0/s1. The van der Waals surface area contributed by atoms with E-state index in [1.54, 1.807) is 32.4 Å². The SMILES string of the molecule is COc1ccc(C2=[N+]([O-])[C@@H]3CCCC[C@@H]3[N+](O)=C2)c(OC)c1. The van der Waals surface area contributed by atoms with Gasteiger partial charge in [0.1, 0.15) is 11.5 Å². The summed E-state index contributed by atoms with van der Waals surface area (Å²) in [4.78, 5) is 0. The van der Waals surface area contributed by atoms with Gasteiger partial charge in [0.25, 0.3) is 18.0 Å². The van der Waals surface area contributed by atoms with Gasteiger partial charge in [0.05, 0.1) is 19.8 Å². The van der Waals surface area contributed by atoms with E-state index in [1.165, 1.54) is 11.0 Å². The molecule has 0 radical (unpaired) electrons. The molecule has 22 heavy (non-hydrogen) atoms. The fraction of sp³-hybridized carbons (Fsp3) is 0.500. The molecule has 1 aromatic rings. The first-order chi connectivity index (χ1) is 10.7. The maximum atomic E-state index is 12.8. The van der Waals surface area contributed by atoms with Crippen LogP contribution in [0.25, 0.3) is 0 Å². The van der Waals surface area contributed by atoms with Crippen molar-refractivity contribution in [3.63, 3.8) is 0 Å². The normalized spacial score (nSPS) is 24.5. The smallest absolute Gasteiger partial charge is 0.291 e. The van der Waals surface area contributed by atoms with Crippen molar-refractivity contribution in [3.8, 4) is 11.5 Å². The summed E-state index contributed by atoms with van der Waals surface area (Å²) in [6.45, 7) is 0. The van der Waals surface area contributed by atoms with E-state index >= 15 is 0 Å². The van der Waals surface area contributed by atoms with Gasteiger partial charge < -0.3 is 14.7 Å². The first-order valence-electron chi connectivity index (χ1n) is 7.53. The van der Waals surface area contributed by atoms with Crippen molar-refractivity contribution in [1.82, 2.24) is 0 Å². The molecule has 3 rings (SSSR count). The van der Waals surface area contributed by atoms with Crippen LogP contribution in [0.1, 0.15) is 31.2 Å². The minimum Gasteiger partial charge on any atom is -0.623 e. The van der Waals surface area contributed by atoms with Gasteiger partial charge in [0.2, 0.25) is 6.04 Å². The molecule has 0 amide bonds. The minimum atomic E-state index is -0.217. The number of hydrogen-bond acceptors (Lipinski definition) is 4. The molecule has 1 heterocycles. The average Bonchev–Trinajstić information content (AvgIpc) is 2.57. The van der Waals surface area contributed by atoms with Crippen LogP contribution >= 0.6 is 0 Å². The Balaban J connectivity index is 2.07. The van der Waals surface area contributed by atoms with Gasteiger partial charge in [0.15, 0.2) is 0 Å². The van der Waals surface area contributed by atoms with Crippen molar-refractivity contribution in [2.75, 3.05) is 14.2 Å². The Morgan fingerprint density at radius 1 is 1.14 bits per heavy atom. The number of hydrogen-bond donors (Lipinski definition) is 1. The fourth-order valence-electron chi connectivity index (χ4n) is 3.33. The van der Waals surface area contributed by atoms with Gasteiger partial charge in [-0.05, 0) is 29.7 Å². The third kappa shape index (κ3) is 2.38. The third-order valence-corrected chi connectivity index (χ3v) is 4.51. The third-order valence-electron chi connectivity index (χ3n) is 4.51. The van der Waals surface area contributed by atoms with Crippen molar-refractivity contribution in [1.29, 1.82) is 0 Å². The lowest BCUT2D eigenvalue weighted by Gasteiger charge is -2.28. The maximum Gasteiger partial charge on any atom is 0.291 e. The lowest BCUT2D eigenvalue weighted by atomic mass is 9.89. The Bertz CT molecular complexity index is 639. The van der Waals surface area contributed by atoms with Crippen molar-refractivity contribution < 1.29 is 24.2 Å². The predicted octanol–water partition coefficient (Wildman–Crippen LogP) is 1.80. The summed E-state index contributed by atoms with van der Waals surface area (Å²) in [6.07, 6.45) is 5.19. The van der Waals surface area contributed by atoms with Crippen LogP contribution in [-0.4, -0.2) is 52.9 Å². The molecule has 6 nitrogen and oxygen atoms in total. The van der Waals surface area contributed by atoms with Crippen molar-refractivity contribution in [3.05, 3.63) is 29.0 Å². The number of fused-ring (bicyclic) bond motifs is 1. The van der Waals surface area contributed by atoms with Gasteiger partial charge in [0, 0.05) is 18.9 Å². The van der Waals surface area contributed by atoms with Crippen molar-refractivity contribution in [2.24, 2.45) is 0 Å². The predicted molar refractivity (Wildman–Crippen MR) is 81.4 cm³/mol. The fourth-order valence-corrected chi connectivity index (χ4v) is 3.33. The largest absolute Gasteiger partial charge is 0.623 e. The molecule has 0 aromatic heterocycles. The van der Waals surface area contributed by atoms with Crippen LogP contribution in [0.15, 0.2) is 18.2 Å². The molecule has 0 saturated heterocycles. The number of rotatable bonds is 3. The number of ether oxygens (including phenoxy) is 2. The lowest BCUT2D eigenvalue weighted by Crippen LogP contribution is -2.51. The second kappa shape index (κ2) is 5.87. The Morgan fingerprint density at radius 3 is 2.55 bits per heavy atom. The van der Waals surface area contributed by atoms with Gasteiger partial charge in [-0.25, -0.2) is 0 Å². The van der Waals surface area contributed by atoms with Crippen LogP contribution in [0.4, 0.5) is 0 Å². The zero-order valence-electron chi connectivity index (χ0n) is 12.9. The minimum absolute atomic E-state index is 0.126. The van der Waals surface area contributed by atoms with Gasteiger partial charge in [-0.2, -0.15) is 4.74 Å². The van der Waals surface area contributed by atoms with Gasteiger partial charge in [-0.1, -0.05) is 0 Å². The Kier molecular flexibility index (Phi) is 3.92. The molecule has 1 aliphatic heterocycles. The van der Waals surface area contributed by atoms with Crippen molar-refractivity contribution >= 4 is 11.9 Å². The van der Waals surface area contributed by atoms with Gasteiger partial charge in [-0.15, -0.1) is 0 Å². The second-order valence-electron chi connectivity index (χ2n) is 5.71. The zero-order chi connectivity index (χ0) is 15.7. The summed E-state index contributed by atoms with van der Waals surface area (Å²) < 4.78 is 12.8. The average molecular weight is 305 g/mol. The highest BCUT2D eigenvalue weighted by molar-refractivity contribution is 6.35. The monoisotopic (exact) mass is 305 g/mol. The number of hydroxylamine groups is 2. The van der Waals surface area contributed by atoms with Gasteiger partial charge in [-0.3, -0.25) is 5.21 Å². The van der Waals surface area contributed by atoms with E-state index < -0.39 is 0 Å². The molecule has 1 aliphatic carbocycles. The molecule has 1 fully saturated rings. The van der Waals surface area contributed by atoms with E-state index in [0.29, 0.717) is 22.8 Å². The second-order valence-corrected chi connectivity index (χ2v) is 5.71. The van der Waals surface area contributed by atoms with Gasteiger partial charge >= 0.3 is 0 Å². The highest BCUT2D eigenvalue weighted by Gasteiger charge is 2.46. The molecule has 0 spiro atoms. The molecule has 6 heteroatoms. The summed E-state index contributed by atoms with van der Waals surface area (Å²) in [5, 5.41) is 23.0. The molecule has 1 saturated carbocycles. The molecule has 0 bridgehead atoms. The summed E-state index contributed by atoms with van der Waals surface area (Å²) in [5.41, 5.74) is 1.08. The molecule has 118 valence electrons. The topological polar surface area (TPSA) is 67.8 Å². The molecule has 1 N–H and O–H groups in total. The van der Waals surface area contributed by atoms with Crippen molar-refractivity contribution in [2.45, 2.75) is 37.8 Å². The van der Waals surface area contributed by atoms with Crippen LogP contribution in [0, 0.1) is 5.21 Å². The Labute approximate surface area is 129 Å². The van der Waals surface area contributed by atoms with Crippen LogP contribution in [0.3, 0.4) is 0 Å². The van der Waals surface area contributed by atoms with E-state index in [-0.39, 0.29) is 12.1 Å². The summed E-state index contributed by atoms with van der Waals surface area (Å²) >= 11 is 0. The quantitative estimate of drug-likeness (QED) is 0.525. The summed E-state index contributed by atoms with van der Waals surface area (Å²) in [5.74, 6) is 1.21.